The van der Waals surface area contributed by atoms with Crippen molar-refractivity contribution in [2.75, 3.05) is 12.5 Å². The van der Waals surface area contributed by atoms with E-state index in [1.54, 1.807) is 7.11 Å². The topological polar surface area (TPSA) is 79.4 Å². The first-order chi connectivity index (χ1) is 15.1. The van der Waals surface area contributed by atoms with Gasteiger partial charge in [0.1, 0.15) is 5.75 Å². The second-order valence-corrected chi connectivity index (χ2v) is 8.16. The monoisotopic (exact) mass is 432 g/mol. The molecule has 4 rings (SSSR count). The molecule has 0 aliphatic heterocycles. The molecule has 0 saturated carbocycles. The lowest BCUT2D eigenvalue weighted by Crippen LogP contribution is -2.15. The second kappa shape index (κ2) is 9.14. The van der Waals surface area contributed by atoms with Crippen molar-refractivity contribution >= 4 is 33.1 Å². The maximum atomic E-state index is 13.0. The first kappa shape index (κ1) is 20.8. The zero-order chi connectivity index (χ0) is 21.8. The van der Waals surface area contributed by atoms with Crippen molar-refractivity contribution in [1.82, 2.24) is 9.97 Å². The van der Waals surface area contributed by atoms with Crippen LogP contribution in [0.3, 0.4) is 0 Å². The van der Waals surface area contributed by atoms with Crippen LogP contribution >= 0.6 is 11.3 Å². The van der Waals surface area contributed by atoms with E-state index in [9.17, 15) is 4.79 Å². The van der Waals surface area contributed by atoms with E-state index in [0.717, 1.165) is 38.9 Å². The zero-order valence-corrected chi connectivity index (χ0v) is 18.5. The minimum absolute atomic E-state index is 0.0401. The molecule has 2 aromatic carbocycles. The molecule has 7 heteroatoms. The first-order valence-electron chi connectivity index (χ1n) is 10.1. The summed E-state index contributed by atoms with van der Waals surface area (Å²) in [5.41, 5.74) is 8.35. The van der Waals surface area contributed by atoms with Crippen molar-refractivity contribution in [2.24, 2.45) is 5.10 Å². The number of para-hydroxylation sites is 1. The number of hydrogen-bond donors (Lipinski definition) is 2. The highest BCUT2D eigenvalue weighted by atomic mass is 32.1. The molecule has 6 nitrogen and oxygen atoms in total. The van der Waals surface area contributed by atoms with E-state index in [2.05, 4.69) is 20.5 Å². The minimum Gasteiger partial charge on any atom is -0.495 e. The van der Waals surface area contributed by atoms with Gasteiger partial charge in [-0.05, 0) is 38.8 Å². The average molecular weight is 433 g/mol. The van der Waals surface area contributed by atoms with Crippen molar-refractivity contribution in [2.45, 2.75) is 26.7 Å². The molecule has 0 aliphatic rings. The van der Waals surface area contributed by atoms with Crippen molar-refractivity contribution in [3.63, 3.8) is 0 Å². The highest BCUT2D eigenvalue weighted by molar-refractivity contribution is 7.14. The molecule has 31 heavy (non-hydrogen) atoms. The fraction of sp³-hybridized carbons (Fsp3) is 0.208. The maximum absolute atomic E-state index is 13.0. The van der Waals surface area contributed by atoms with Crippen LogP contribution in [0.25, 0.3) is 22.2 Å². The molecule has 0 spiro atoms. The van der Waals surface area contributed by atoms with Crippen molar-refractivity contribution in [1.29, 1.82) is 0 Å². The first-order valence-corrected chi connectivity index (χ1v) is 10.9. The van der Waals surface area contributed by atoms with Crippen LogP contribution in [0, 0.1) is 6.92 Å². The number of ether oxygens (including phenoxy) is 1. The van der Waals surface area contributed by atoms with Gasteiger partial charge in [0.05, 0.1) is 18.3 Å². The molecule has 0 amide bonds. The third-order valence-electron chi connectivity index (χ3n) is 5.18. The minimum atomic E-state index is 0.0401. The molecule has 2 aromatic heterocycles. The Bertz CT molecular complexity index is 1290. The van der Waals surface area contributed by atoms with Gasteiger partial charge in [-0.15, -0.1) is 11.3 Å². The molecule has 0 unspecified atom stereocenters. The van der Waals surface area contributed by atoms with Crippen LogP contribution in [0.1, 0.15) is 24.6 Å². The molecular weight excluding hydrogens is 408 g/mol. The van der Waals surface area contributed by atoms with Crippen LogP contribution in [-0.2, 0) is 6.42 Å². The Morgan fingerprint density at radius 1 is 1.19 bits per heavy atom. The number of aromatic amines is 1. The van der Waals surface area contributed by atoms with Crippen LogP contribution in [0.5, 0.6) is 5.75 Å². The van der Waals surface area contributed by atoms with E-state index >= 15 is 0 Å². The number of pyridine rings is 1. The standard InChI is InChI=1S/C24H24N4O2S/c1-15(27-28-24-26-20(14-31-24)17-8-5-4-6-9-17)12-13-18-16(2)25-22-19(23(18)29)10-7-11-21(22)30-3/h4-11,14H,12-13H2,1-3H3,(H,25,29)(H,26,28). The van der Waals surface area contributed by atoms with Gasteiger partial charge in [-0.3, -0.25) is 10.2 Å². The summed E-state index contributed by atoms with van der Waals surface area (Å²) < 4.78 is 5.38. The normalized spacial score (nSPS) is 11.6. The molecule has 0 fully saturated rings. The molecule has 0 saturated heterocycles. The number of nitrogens with zero attached hydrogens (tertiary/aromatic N) is 2. The zero-order valence-electron chi connectivity index (χ0n) is 17.7. The van der Waals surface area contributed by atoms with Gasteiger partial charge in [0.25, 0.3) is 0 Å². The number of fused-ring (bicyclic) bond motifs is 1. The number of hydrazone groups is 1. The SMILES string of the molecule is COc1cccc2c(=O)c(CCC(C)=NNc3nc(-c4ccccc4)cs3)c(C)[nH]c12. The van der Waals surface area contributed by atoms with Crippen molar-refractivity contribution < 1.29 is 4.74 Å². The van der Waals surface area contributed by atoms with Crippen LogP contribution < -0.4 is 15.6 Å². The summed E-state index contributed by atoms with van der Waals surface area (Å²) in [5.74, 6) is 0.671. The van der Waals surface area contributed by atoms with Crippen LogP contribution in [0.2, 0.25) is 0 Å². The summed E-state index contributed by atoms with van der Waals surface area (Å²) in [4.78, 5) is 20.9. The lowest BCUT2D eigenvalue weighted by Gasteiger charge is -2.10. The van der Waals surface area contributed by atoms with Gasteiger partial charge in [0, 0.05) is 33.3 Å². The van der Waals surface area contributed by atoms with Gasteiger partial charge >= 0.3 is 0 Å². The Hall–Kier alpha value is -3.45. The third kappa shape index (κ3) is 4.51. The summed E-state index contributed by atoms with van der Waals surface area (Å²) in [5, 5.41) is 7.84. The fourth-order valence-corrected chi connectivity index (χ4v) is 4.15. The number of rotatable bonds is 7. The summed E-state index contributed by atoms with van der Waals surface area (Å²) >= 11 is 1.51. The number of H-pyrrole nitrogens is 1. The molecule has 2 N–H and O–H groups in total. The lowest BCUT2D eigenvalue weighted by molar-refractivity contribution is 0.419. The fourth-order valence-electron chi connectivity index (χ4n) is 3.49. The van der Waals surface area contributed by atoms with Gasteiger partial charge in [-0.1, -0.05) is 36.4 Å². The highest BCUT2D eigenvalue weighted by Gasteiger charge is 2.12. The van der Waals surface area contributed by atoms with E-state index < -0.39 is 0 Å². The Morgan fingerprint density at radius 3 is 2.77 bits per heavy atom. The maximum Gasteiger partial charge on any atom is 0.203 e. The predicted molar refractivity (Wildman–Crippen MR) is 128 cm³/mol. The van der Waals surface area contributed by atoms with Crippen molar-refractivity contribution in [3.8, 4) is 17.0 Å². The number of nitrogens with one attached hydrogen (secondary N) is 2. The van der Waals surface area contributed by atoms with E-state index in [4.69, 9.17) is 4.74 Å². The van der Waals surface area contributed by atoms with Gasteiger partial charge in [-0.2, -0.15) is 5.10 Å². The number of hydrogen-bond acceptors (Lipinski definition) is 6. The van der Waals surface area contributed by atoms with Gasteiger partial charge in [-0.25, -0.2) is 4.98 Å². The Labute approximate surface area is 184 Å². The quantitative estimate of drug-likeness (QED) is 0.303. The summed E-state index contributed by atoms with van der Waals surface area (Å²) in [6.07, 6.45) is 1.28. The smallest absolute Gasteiger partial charge is 0.203 e. The molecule has 158 valence electrons. The number of aryl methyl sites for hydroxylation is 1. The summed E-state index contributed by atoms with van der Waals surface area (Å²) in [6, 6.07) is 15.6. The molecule has 0 aliphatic carbocycles. The molecular formula is C24H24N4O2S. The highest BCUT2D eigenvalue weighted by Crippen LogP contribution is 2.25. The molecule has 2 heterocycles. The Balaban J connectivity index is 1.46. The Kier molecular flexibility index (Phi) is 6.13. The predicted octanol–water partition coefficient (Wildman–Crippen LogP) is 5.39. The lowest BCUT2D eigenvalue weighted by atomic mass is 10.0. The van der Waals surface area contributed by atoms with E-state index in [-0.39, 0.29) is 5.43 Å². The average Bonchev–Trinajstić information content (AvgIpc) is 3.27. The summed E-state index contributed by atoms with van der Waals surface area (Å²) in [6.45, 7) is 3.88. The van der Waals surface area contributed by atoms with Crippen LogP contribution in [0.4, 0.5) is 5.13 Å². The van der Waals surface area contributed by atoms with E-state index in [1.165, 1.54) is 11.3 Å². The van der Waals surface area contributed by atoms with Crippen molar-refractivity contribution in [3.05, 3.63) is 75.4 Å². The third-order valence-corrected chi connectivity index (χ3v) is 5.93. The summed E-state index contributed by atoms with van der Waals surface area (Å²) in [7, 11) is 1.61. The van der Waals surface area contributed by atoms with E-state index in [0.29, 0.717) is 24.0 Å². The molecule has 0 bridgehead atoms. The van der Waals surface area contributed by atoms with E-state index in [1.807, 2.05) is 67.8 Å². The molecule has 0 atom stereocenters. The second-order valence-electron chi connectivity index (χ2n) is 7.30. The molecule has 4 aromatic rings. The van der Waals surface area contributed by atoms with Crippen LogP contribution in [0.15, 0.2) is 63.8 Å². The largest absolute Gasteiger partial charge is 0.495 e. The Morgan fingerprint density at radius 2 is 2.00 bits per heavy atom. The number of benzene rings is 2. The number of anilines is 1. The van der Waals surface area contributed by atoms with Crippen LogP contribution in [-0.4, -0.2) is 22.8 Å². The van der Waals surface area contributed by atoms with Gasteiger partial charge < -0.3 is 9.72 Å². The number of methoxy groups -OCH3 is 1. The van der Waals surface area contributed by atoms with Gasteiger partial charge in [0.2, 0.25) is 5.13 Å². The number of thiazole rings is 1. The van der Waals surface area contributed by atoms with Gasteiger partial charge in [0.15, 0.2) is 5.43 Å². The number of aromatic nitrogens is 2. The molecule has 0 radical (unpaired) electrons.